The van der Waals surface area contributed by atoms with Crippen LogP contribution in [0.1, 0.15) is 11.1 Å². The maximum absolute atomic E-state index is 11.0. The zero-order chi connectivity index (χ0) is 14.6. The highest BCUT2D eigenvalue weighted by molar-refractivity contribution is 7.51. The molecule has 2 aromatic rings. The number of benzene rings is 1. The fourth-order valence-electron chi connectivity index (χ4n) is 1.66. The Labute approximate surface area is 117 Å². The van der Waals surface area contributed by atoms with Crippen molar-refractivity contribution in [2.45, 2.75) is 13.2 Å². The maximum Gasteiger partial charge on any atom is 0.325 e. The highest BCUT2D eigenvalue weighted by Gasteiger charge is 2.10. The third-order valence-corrected chi connectivity index (χ3v) is 3.34. The lowest BCUT2D eigenvalue weighted by Gasteiger charge is -2.07. The van der Waals surface area contributed by atoms with Gasteiger partial charge in [0.05, 0.1) is 18.9 Å². The Bertz CT molecular complexity index is 604. The number of aliphatic hydroxyl groups is 1. The molecule has 1 heterocycles. The summed E-state index contributed by atoms with van der Waals surface area (Å²) in [5.74, 6) is 0. The van der Waals surface area contributed by atoms with Crippen LogP contribution in [0, 0.1) is 0 Å². The standard InChI is InChI=1S/C14H16NO4P/c1-20(17,18)19-10-12-4-7-14(15-8-12)13-5-2-11(9-16)3-6-13/h2-8,16H,9-10H2,1H3,(H,17,18). The van der Waals surface area contributed by atoms with E-state index in [1.807, 2.05) is 30.3 Å². The fourth-order valence-corrected chi connectivity index (χ4v) is 2.04. The molecule has 0 saturated carbocycles. The Morgan fingerprint density at radius 2 is 1.80 bits per heavy atom. The Morgan fingerprint density at radius 1 is 1.15 bits per heavy atom. The zero-order valence-electron chi connectivity index (χ0n) is 11.1. The van der Waals surface area contributed by atoms with Crippen LogP contribution in [0.2, 0.25) is 0 Å². The summed E-state index contributed by atoms with van der Waals surface area (Å²) in [6.45, 7) is 1.22. The van der Waals surface area contributed by atoms with Gasteiger partial charge in [-0.1, -0.05) is 30.3 Å². The first-order valence-electron chi connectivity index (χ1n) is 6.08. The Hall–Kier alpha value is -1.52. The number of hydrogen-bond donors (Lipinski definition) is 2. The van der Waals surface area contributed by atoms with Gasteiger partial charge in [-0.15, -0.1) is 0 Å². The van der Waals surface area contributed by atoms with Crippen molar-refractivity contribution in [1.82, 2.24) is 4.98 Å². The minimum Gasteiger partial charge on any atom is -0.392 e. The zero-order valence-corrected chi connectivity index (χ0v) is 12.0. The van der Waals surface area contributed by atoms with Gasteiger partial charge in [-0.3, -0.25) is 9.55 Å². The van der Waals surface area contributed by atoms with Crippen molar-refractivity contribution >= 4 is 7.60 Å². The lowest BCUT2D eigenvalue weighted by Crippen LogP contribution is -1.92. The first-order chi connectivity index (χ1) is 9.48. The summed E-state index contributed by atoms with van der Waals surface area (Å²) in [4.78, 5) is 13.3. The van der Waals surface area contributed by atoms with Gasteiger partial charge in [-0.25, -0.2) is 0 Å². The van der Waals surface area contributed by atoms with Crippen LogP contribution in [0.25, 0.3) is 11.3 Å². The Kier molecular flexibility index (Phi) is 4.68. The second-order valence-electron chi connectivity index (χ2n) is 4.48. The van der Waals surface area contributed by atoms with Gasteiger partial charge in [0.15, 0.2) is 0 Å². The molecule has 20 heavy (non-hydrogen) atoms. The quantitative estimate of drug-likeness (QED) is 0.828. The molecule has 2 N–H and O–H groups in total. The average Bonchev–Trinajstić information content (AvgIpc) is 2.45. The minimum atomic E-state index is -3.46. The van der Waals surface area contributed by atoms with Crippen LogP contribution >= 0.6 is 7.60 Å². The molecule has 0 saturated heterocycles. The lowest BCUT2D eigenvalue weighted by molar-refractivity contribution is 0.255. The third kappa shape index (κ3) is 4.25. The Morgan fingerprint density at radius 3 is 2.30 bits per heavy atom. The van der Waals surface area contributed by atoms with Crippen LogP contribution in [-0.4, -0.2) is 21.6 Å². The summed E-state index contributed by atoms with van der Waals surface area (Å²) in [5, 5.41) is 8.99. The van der Waals surface area contributed by atoms with Crippen molar-refractivity contribution in [2.75, 3.05) is 6.66 Å². The molecule has 0 radical (unpaired) electrons. The summed E-state index contributed by atoms with van der Waals surface area (Å²) in [6.07, 6.45) is 1.62. The number of rotatable bonds is 5. The van der Waals surface area contributed by atoms with Gasteiger partial charge in [-0.05, 0) is 17.2 Å². The monoisotopic (exact) mass is 293 g/mol. The molecule has 0 aliphatic heterocycles. The summed E-state index contributed by atoms with van der Waals surface area (Å²) < 4.78 is 15.9. The number of hydrogen-bond acceptors (Lipinski definition) is 4. The lowest BCUT2D eigenvalue weighted by atomic mass is 10.1. The smallest absolute Gasteiger partial charge is 0.325 e. The van der Waals surface area contributed by atoms with E-state index >= 15 is 0 Å². The molecule has 0 aliphatic carbocycles. The normalized spacial score (nSPS) is 13.9. The molecule has 0 amide bonds. The van der Waals surface area contributed by atoms with Gasteiger partial charge in [0.1, 0.15) is 0 Å². The first kappa shape index (κ1) is 14.9. The molecule has 0 bridgehead atoms. The summed E-state index contributed by atoms with van der Waals surface area (Å²) >= 11 is 0. The number of aromatic nitrogens is 1. The van der Waals surface area contributed by atoms with Crippen molar-refractivity contribution < 1.29 is 19.1 Å². The third-order valence-electron chi connectivity index (χ3n) is 2.73. The second kappa shape index (κ2) is 6.29. The molecular weight excluding hydrogens is 277 g/mol. The van der Waals surface area contributed by atoms with E-state index in [1.54, 1.807) is 12.3 Å². The fraction of sp³-hybridized carbons (Fsp3) is 0.214. The maximum atomic E-state index is 11.0. The van der Waals surface area contributed by atoms with Crippen LogP contribution in [-0.2, 0) is 22.3 Å². The molecule has 0 spiro atoms. The highest BCUT2D eigenvalue weighted by atomic mass is 31.2. The predicted octanol–water partition coefficient (Wildman–Crippen LogP) is 2.57. The Balaban J connectivity index is 2.09. The van der Waals surface area contributed by atoms with Crippen molar-refractivity contribution in [3.8, 4) is 11.3 Å². The van der Waals surface area contributed by atoms with E-state index in [-0.39, 0.29) is 13.2 Å². The van der Waals surface area contributed by atoms with Crippen LogP contribution in [0.3, 0.4) is 0 Å². The van der Waals surface area contributed by atoms with Gasteiger partial charge in [0.25, 0.3) is 0 Å². The van der Waals surface area contributed by atoms with Gasteiger partial charge in [0.2, 0.25) is 0 Å². The van der Waals surface area contributed by atoms with Crippen LogP contribution in [0.4, 0.5) is 0 Å². The molecule has 5 nitrogen and oxygen atoms in total. The first-order valence-corrected chi connectivity index (χ1v) is 8.10. The molecule has 0 aliphatic rings. The molecule has 1 aromatic carbocycles. The van der Waals surface area contributed by atoms with E-state index < -0.39 is 7.60 Å². The largest absolute Gasteiger partial charge is 0.392 e. The van der Waals surface area contributed by atoms with Crippen LogP contribution in [0.15, 0.2) is 42.6 Å². The molecule has 1 atom stereocenters. The molecule has 2 rings (SSSR count). The van der Waals surface area contributed by atoms with Crippen molar-refractivity contribution in [3.63, 3.8) is 0 Å². The van der Waals surface area contributed by atoms with Gasteiger partial charge >= 0.3 is 7.60 Å². The van der Waals surface area contributed by atoms with Crippen LogP contribution in [0.5, 0.6) is 0 Å². The number of nitrogens with zero attached hydrogens (tertiary/aromatic N) is 1. The van der Waals surface area contributed by atoms with Crippen molar-refractivity contribution in [2.24, 2.45) is 0 Å². The molecule has 1 aromatic heterocycles. The van der Waals surface area contributed by atoms with Crippen molar-refractivity contribution in [3.05, 3.63) is 53.7 Å². The topological polar surface area (TPSA) is 79.7 Å². The molecule has 106 valence electrons. The average molecular weight is 293 g/mol. The van der Waals surface area contributed by atoms with E-state index in [1.165, 1.54) is 0 Å². The minimum absolute atomic E-state index is 0.0161. The summed E-state index contributed by atoms with van der Waals surface area (Å²) in [6, 6.07) is 11.1. The predicted molar refractivity (Wildman–Crippen MR) is 76.1 cm³/mol. The van der Waals surface area contributed by atoms with E-state index in [0.717, 1.165) is 29.0 Å². The second-order valence-corrected chi connectivity index (χ2v) is 6.35. The number of pyridine rings is 1. The van der Waals surface area contributed by atoms with Gasteiger partial charge < -0.3 is 14.5 Å². The highest BCUT2D eigenvalue weighted by Crippen LogP contribution is 2.37. The van der Waals surface area contributed by atoms with Gasteiger partial charge in [-0.2, -0.15) is 0 Å². The van der Waals surface area contributed by atoms with Gasteiger partial charge in [0, 0.05) is 18.4 Å². The van der Waals surface area contributed by atoms with E-state index in [9.17, 15) is 4.57 Å². The van der Waals surface area contributed by atoms with E-state index in [2.05, 4.69) is 4.98 Å². The molecular formula is C14H16NO4P. The summed E-state index contributed by atoms with van der Waals surface area (Å²) in [5.41, 5.74) is 3.32. The SMILES string of the molecule is CP(=O)(O)OCc1ccc(-c2ccc(CO)cc2)nc1. The molecule has 6 heteroatoms. The van der Waals surface area contributed by atoms with E-state index in [0.29, 0.717) is 0 Å². The van der Waals surface area contributed by atoms with E-state index in [4.69, 9.17) is 14.5 Å². The molecule has 0 fully saturated rings. The molecule has 1 unspecified atom stereocenters. The van der Waals surface area contributed by atoms with Crippen LogP contribution < -0.4 is 0 Å². The van der Waals surface area contributed by atoms with Crippen molar-refractivity contribution in [1.29, 1.82) is 0 Å². The number of aliphatic hydroxyl groups excluding tert-OH is 1. The summed E-state index contributed by atoms with van der Waals surface area (Å²) in [7, 11) is -3.46.